The van der Waals surface area contributed by atoms with Crippen molar-refractivity contribution < 1.29 is 4.79 Å². The van der Waals surface area contributed by atoms with Gasteiger partial charge in [0.2, 0.25) is 5.91 Å². The molecule has 0 spiro atoms. The maximum absolute atomic E-state index is 12.2. The maximum atomic E-state index is 12.2. The zero-order valence-corrected chi connectivity index (χ0v) is 11.8. The molecule has 0 bridgehead atoms. The number of rotatable bonds is 1. The molecule has 1 fully saturated rings. The highest BCUT2D eigenvalue weighted by molar-refractivity contribution is 5.77. The van der Waals surface area contributed by atoms with Gasteiger partial charge in [-0.05, 0) is 23.7 Å². The number of nitrogens with zero attached hydrogens (tertiary/aromatic N) is 1. The monoisotopic (exact) mass is 225 g/mol. The Hall–Kier alpha value is -0.530. The molecule has 1 heterocycles. The van der Waals surface area contributed by atoms with Crippen LogP contribution in [0.4, 0.5) is 0 Å². The third-order valence-electron chi connectivity index (χ3n) is 3.25. The van der Waals surface area contributed by atoms with E-state index in [9.17, 15) is 4.79 Å². The van der Waals surface area contributed by atoms with E-state index >= 15 is 0 Å². The third-order valence-corrected chi connectivity index (χ3v) is 3.25. The van der Waals surface area contributed by atoms with Crippen molar-refractivity contribution in [2.75, 3.05) is 6.54 Å². The second-order valence-electron chi connectivity index (χ2n) is 7.35. The minimum absolute atomic E-state index is 0.0993. The molecule has 2 heteroatoms. The molecular formula is C14H27NO. The average molecular weight is 225 g/mol. The van der Waals surface area contributed by atoms with Crippen LogP contribution in [0.5, 0.6) is 0 Å². The number of carbonyl (C=O) groups excluding carboxylic acids is 1. The minimum atomic E-state index is 0.0993. The molecule has 1 aliphatic rings. The summed E-state index contributed by atoms with van der Waals surface area (Å²) in [6, 6.07) is 0.433. The minimum Gasteiger partial charge on any atom is -0.339 e. The van der Waals surface area contributed by atoms with E-state index in [1.165, 1.54) is 6.42 Å². The van der Waals surface area contributed by atoms with Gasteiger partial charge in [-0.25, -0.2) is 0 Å². The van der Waals surface area contributed by atoms with E-state index < -0.39 is 0 Å². The summed E-state index contributed by atoms with van der Waals surface area (Å²) in [6.07, 6.45) is 3.00. The summed E-state index contributed by atoms with van der Waals surface area (Å²) in [6.45, 7) is 14.1. The van der Waals surface area contributed by atoms with Crippen LogP contribution < -0.4 is 0 Å². The van der Waals surface area contributed by atoms with Gasteiger partial charge in [0.25, 0.3) is 0 Å². The molecule has 16 heavy (non-hydrogen) atoms. The molecular weight excluding hydrogens is 198 g/mol. The SMILES string of the molecule is CC(C)(C)CC(=O)N1CCCC1C(C)(C)C. The van der Waals surface area contributed by atoms with Gasteiger partial charge in [0.15, 0.2) is 0 Å². The molecule has 1 amide bonds. The van der Waals surface area contributed by atoms with Crippen LogP contribution >= 0.6 is 0 Å². The highest BCUT2D eigenvalue weighted by Crippen LogP contribution is 2.34. The quantitative estimate of drug-likeness (QED) is 0.669. The summed E-state index contributed by atoms with van der Waals surface area (Å²) in [5, 5.41) is 0. The Balaban J connectivity index is 2.69. The zero-order chi connectivity index (χ0) is 12.6. The summed E-state index contributed by atoms with van der Waals surface area (Å²) in [5.74, 6) is 0.338. The summed E-state index contributed by atoms with van der Waals surface area (Å²) >= 11 is 0. The lowest BCUT2D eigenvalue weighted by molar-refractivity contribution is -0.135. The molecule has 1 atom stereocenters. The number of amides is 1. The lowest BCUT2D eigenvalue weighted by atomic mass is 9.84. The summed E-state index contributed by atoms with van der Waals surface area (Å²) in [7, 11) is 0. The first kappa shape index (κ1) is 13.5. The second-order valence-corrected chi connectivity index (χ2v) is 7.35. The second kappa shape index (κ2) is 4.38. The molecule has 2 nitrogen and oxygen atoms in total. The van der Waals surface area contributed by atoms with Crippen molar-refractivity contribution in [3.8, 4) is 0 Å². The molecule has 0 aromatic rings. The van der Waals surface area contributed by atoms with Gasteiger partial charge >= 0.3 is 0 Å². The van der Waals surface area contributed by atoms with Crippen LogP contribution in [-0.4, -0.2) is 23.4 Å². The van der Waals surface area contributed by atoms with E-state index in [1.807, 2.05) is 0 Å². The van der Waals surface area contributed by atoms with Crippen LogP contribution in [0.15, 0.2) is 0 Å². The Morgan fingerprint density at radius 3 is 2.19 bits per heavy atom. The van der Waals surface area contributed by atoms with Crippen molar-refractivity contribution in [1.82, 2.24) is 4.90 Å². The zero-order valence-electron chi connectivity index (χ0n) is 11.8. The van der Waals surface area contributed by atoms with Gasteiger partial charge in [-0.1, -0.05) is 41.5 Å². The number of hydrogen-bond acceptors (Lipinski definition) is 1. The average Bonchev–Trinajstić information content (AvgIpc) is 2.45. The topological polar surface area (TPSA) is 20.3 Å². The van der Waals surface area contributed by atoms with Crippen LogP contribution in [0.1, 0.15) is 60.8 Å². The van der Waals surface area contributed by atoms with E-state index in [2.05, 4.69) is 46.4 Å². The number of carbonyl (C=O) groups is 1. The molecule has 0 aromatic heterocycles. The van der Waals surface area contributed by atoms with Gasteiger partial charge in [0.1, 0.15) is 0 Å². The predicted molar refractivity (Wildman–Crippen MR) is 68.3 cm³/mol. The summed E-state index contributed by atoms with van der Waals surface area (Å²) in [5.41, 5.74) is 0.312. The molecule has 0 aliphatic carbocycles. The smallest absolute Gasteiger partial charge is 0.223 e. The van der Waals surface area contributed by atoms with Crippen LogP contribution in [-0.2, 0) is 4.79 Å². The predicted octanol–water partition coefficient (Wildman–Crippen LogP) is 3.46. The molecule has 0 radical (unpaired) electrons. The van der Waals surface area contributed by atoms with Crippen molar-refractivity contribution in [1.29, 1.82) is 0 Å². The van der Waals surface area contributed by atoms with Crippen molar-refractivity contribution >= 4 is 5.91 Å². The first-order valence-electron chi connectivity index (χ1n) is 6.41. The Morgan fingerprint density at radius 2 is 1.75 bits per heavy atom. The summed E-state index contributed by atoms with van der Waals surface area (Å²) in [4.78, 5) is 14.4. The fourth-order valence-electron chi connectivity index (χ4n) is 2.52. The van der Waals surface area contributed by atoms with Crippen LogP contribution in [0.2, 0.25) is 0 Å². The summed E-state index contributed by atoms with van der Waals surface area (Å²) < 4.78 is 0. The van der Waals surface area contributed by atoms with Crippen LogP contribution in [0.25, 0.3) is 0 Å². The van der Waals surface area contributed by atoms with Crippen LogP contribution in [0, 0.1) is 10.8 Å². The standard InChI is InChI=1S/C14H27NO/c1-13(2,3)10-12(16)15-9-7-8-11(15)14(4,5)6/h11H,7-10H2,1-6H3. The fourth-order valence-corrected chi connectivity index (χ4v) is 2.52. The van der Waals surface area contributed by atoms with Gasteiger partial charge < -0.3 is 4.90 Å². The normalized spacial score (nSPS) is 22.6. The highest BCUT2D eigenvalue weighted by Gasteiger charge is 2.37. The first-order valence-corrected chi connectivity index (χ1v) is 6.41. The molecule has 94 valence electrons. The Labute approximate surface area is 100 Å². The van der Waals surface area contributed by atoms with E-state index in [0.717, 1.165) is 13.0 Å². The van der Waals surface area contributed by atoms with Crippen molar-refractivity contribution in [3.05, 3.63) is 0 Å². The molecule has 0 saturated carbocycles. The van der Waals surface area contributed by atoms with Gasteiger partial charge in [-0.15, -0.1) is 0 Å². The van der Waals surface area contributed by atoms with E-state index in [4.69, 9.17) is 0 Å². The van der Waals surface area contributed by atoms with Crippen molar-refractivity contribution in [2.24, 2.45) is 10.8 Å². The molecule has 1 rings (SSSR count). The van der Waals surface area contributed by atoms with E-state index in [1.54, 1.807) is 0 Å². The van der Waals surface area contributed by atoms with Crippen molar-refractivity contribution in [2.45, 2.75) is 66.8 Å². The molecule has 1 aliphatic heterocycles. The Kier molecular flexibility index (Phi) is 3.71. The van der Waals surface area contributed by atoms with E-state index in [-0.39, 0.29) is 10.8 Å². The Morgan fingerprint density at radius 1 is 1.19 bits per heavy atom. The third kappa shape index (κ3) is 3.50. The van der Waals surface area contributed by atoms with Gasteiger partial charge in [-0.3, -0.25) is 4.79 Å². The lowest BCUT2D eigenvalue weighted by Gasteiger charge is -2.36. The van der Waals surface area contributed by atoms with Crippen LogP contribution in [0.3, 0.4) is 0 Å². The fraction of sp³-hybridized carbons (Fsp3) is 0.929. The lowest BCUT2D eigenvalue weighted by Crippen LogP contribution is -2.44. The number of likely N-dealkylation sites (tertiary alicyclic amines) is 1. The highest BCUT2D eigenvalue weighted by atomic mass is 16.2. The number of hydrogen-bond donors (Lipinski definition) is 0. The van der Waals surface area contributed by atoms with Gasteiger partial charge in [0.05, 0.1) is 0 Å². The first-order chi connectivity index (χ1) is 7.11. The molecule has 0 aromatic carbocycles. The largest absolute Gasteiger partial charge is 0.339 e. The maximum Gasteiger partial charge on any atom is 0.223 e. The molecule has 1 unspecified atom stereocenters. The Bertz CT molecular complexity index is 257. The molecule has 0 N–H and O–H groups in total. The van der Waals surface area contributed by atoms with Gasteiger partial charge in [-0.2, -0.15) is 0 Å². The van der Waals surface area contributed by atoms with Crippen molar-refractivity contribution in [3.63, 3.8) is 0 Å². The molecule has 1 saturated heterocycles. The van der Waals surface area contributed by atoms with Gasteiger partial charge in [0, 0.05) is 19.0 Å². The van der Waals surface area contributed by atoms with E-state index in [0.29, 0.717) is 18.4 Å².